The molecule has 0 spiro atoms. The van der Waals surface area contributed by atoms with Crippen molar-refractivity contribution in [3.05, 3.63) is 35.9 Å². The van der Waals surface area contributed by atoms with Crippen molar-refractivity contribution in [2.75, 3.05) is 21.3 Å². The molecule has 0 N–H and O–H groups in total. The van der Waals surface area contributed by atoms with Crippen LogP contribution in [0.3, 0.4) is 0 Å². The maximum absolute atomic E-state index is 5.66. The highest BCUT2D eigenvalue weighted by Gasteiger charge is 2.39. The molecule has 1 atom stereocenters. The van der Waals surface area contributed by atoms with Gasteiger partial charge in [0.1, 0.15) is 0 Å². The number of rotatable bonds is 16. The Labute approximate surface area is 161 Å². The standard InChI is InChI=1S/C23H40O3/c1-5-6-7-8-9-13-19-22(23(24-2,25-3)26-4)20-15-14-18-21-16-11-10-12-17-21/h10-12,16-17,22H,5-9,13-15,18-20H2,1-4H3. The van der Waals surface area contributed by atoms with Gasteiger partial charge in [-0.2, -0.15) is 0 Å². The lowest BCUT2D eigenvalue weighted by molar-refractivity contribution is -0.380. The number of methoxy groups -OCH3 is 3. The van der Waals surface area contributed by atoms with E-state index in [0.29, 0.717) is 0 Å². The van der Waals surface area contributed by atoms with Crippen LogP contribution in [0.4, 0.5) is 0 Å². The lowest BCUT2D eigenvalue weighted by atomic mass is 9.91. The van der Waals surface area contributed by atoms with Gasteiger partial charge < -0.3 is 14.2 Å². The molecular weight excluding hydrogens is 324 g/mol. The molecule has 0 radical (unpaired) electrons. The molecule has 1 aromatic rings. The summed E-state index contributed by atoms with van der Waals surface area (Å²) in [5.74, 6) is -0.639. The predicted molar refractivity (Wildman–Crippen MR) is 109 cm³/mol. The first-order valence-electron chi connectivity index (χ1n) is 10.4. The number of aryl methyl sites for hydroxylation is 1. The number of benzene rings is 1. The summed E-state index contributed by atoms with van der Waals surface area (Å²) in [6.07, 6.45) is 13.5. The van der Waals surface area contributed by atoms with Crippen molar-refractivity contribution in [3.8, 4) is 0 Å². The molecule has 0 amide bonds. The maximum atomic E-state index is 5.66. The van der Waals surface area contributed by atoms with E-state index in [2.05, 4.69) is 37.3 Å². The Bertz CT molecular complexity index is 420. The van der Waals surface area contributed by atoms with E-state index in [0.717, 1.165) is 25.7 Å². The Morgan fingerprint density at radius 3 is 1.85 bits per heavy atom. The molecule has 0 aliphatic carbocycles. The van der Waals surface area contributed by atoms with Crippen LogP contribution in [0.2, 0.25) is 0 Å². The van der Waals surface area contributed by atoms with Gasteiger partial charge in [-0.15, -0.1) is 0 Å². The average molecular weight is 365 g/mol. The SMILES string of the molecule is CCCCCCCCC(CCCCc1ccccc1)C(OC)(OC)OC. The molecule has 0 saturated heterocycles. The second-order valence-corrected chi connectivity index (χ2v) is 7.20. The van der Waals surface area contributed by atoms with Crippen LogP contribution in [-0.4, -0.2) is 27.3 Å². The molecule has 1 rings (SSSR count). The van der Waals surface area contributed by atoms with Gasteiger partial charge in [-0.05, 0) is 31.2 Å². The zero-order valence-electron chi connectivity index (χ0n) is 17.5. The molecule has 0 heterocycles. The second-order valence-electron chi connectivity index (χ2n) is 7.20. The maximum Gasteiger partial charge on any atom is 0.285 e. The topological polar surface area (TPSA) is 27.7 Å². The Morgan fingerprint density at radius 2 is 1.27 bits per heavy atom. The molecule has 0 aliphatic heterocycles. The fourth-order valence-electron chi connectivity index (χ4n) is 3.78. The zero-order chi connectivity index (χ0) is 19.1. The molecule has 0 bridgehead atoms. The summed E-state index contributed by atoms with van der Waals surface area (Å²) >= 11 is 0. The lowest BCUT2D eigenvalue weighted by Gasteiger charge is -2.36. The summed E-state index contributed by atoms with van der Waals surface area (Å²) in [7, 11) is 5.06. The fourth-order valence-corrected chi connectivity index (χ4v) is 3.78. The number of unbranched alkanes of at least 4 members (excludes halogenated alkanes) is 6. The Morgan fingerprint density at radius 1 is 0.731 bits per heavy atom. The molecule has 0 saturated carbocycles. The minimum absolute atomic E-state index is 0.268. The quantitative estimate of drug-likeness (QED) is 0.252. The van der Waals surface area contributed by atoms with Crippen LogP contribution >= 0.6 is 0 Å². The van der Waals surface area contributed by atoms with Crippen LogP contribution < -0.4 is 0 Å². The molecule has 26 heavy (non-hydrogen) atoms. The highest BCUT2D eigenvalue weighted by atomic mass is 16.9. The normalized spacial score (nSPS) is 13.1. The number of hydrogen-bond acceptors (Lipinski definition) is 3. The van der Waals surface area contributed by atoms with E-state index in [1.807, 2.05) is 0 Å². The van der Waals surface area contributed by atoms with Gasteiger partial charge in [-0.25, -0.2) is 0 Å². The smallest absolute Gasteiger partial charge is 0.285 e. The second kappa shape index (κ2) is 14.2. The van der Waals surface area contributed by atoms with Crippen molar-refractivity contribution in [2.45, 2.75) is 83.5 Å². The summed E-state index contributed by atoms with van der Waals surface area (Å²) in [5, 5.41) is 0. The third-order valence-corrected chi connectivity index (χ3v) is 5.37. The minimum atomic E-state index is -0.907. The first-order chi connectivity index (χ1) is 12.7. The molecular formula is C23H40O3. The van der Waals surface area contributed by atoms with Gasteiger partial charge in [0, 0.05) is 27.2 Å². The van der Waals surface area contributed by atoms with Gasteiger partial charge in [-0.3, -0.25) is 0 Å². The molecule has 3 nitrogen and oxygen atoms in total. The molecule has 1 unspecified atom stereocenters. The van der Waals surface area contributed by atoms with E-state index < -0.39 is 5.97 Å². The summed E-state index contributed by atoms with van der Waals surface area (Å²) in [4.78, 5) is 0. The largest absolute Gasteiger partial charge is 0.331 e. The van der Waals surface area contributed by atoms with Gasteiger partial charge in [0.25, 0.3) is 5.97 Å². The first kappa shape index (κ1) is 23.1. The molecule has 0 fully saturated rings. The van der Waals surface area contributed by atoms with Crippen LogP contribution in [0.15, 0.2) is 30.3 Å². The van der Waals surface area contributed by atoms with E-state index >= 15 is 0 Å². The van der Waals surface area contributed by atoms with Crippen molar-refractivity contribution in [3.63, 3.8) is 0 Å². The van der Waals surface area contributed by atoms with Gasteiger partial charge in [-0.1, -0.05) is 82.2 Å². The number of hydrogen-bond donors (Lipinski definition) is 0. The number of ether oxygens (including phenoxy) is 3. The van der Waals surface area contributed by atoms with Gasteiger partial charge >= 0.3 is 0 Å². The van der Waals surface area contributed by atoms with Crippen molar-refractivity contribution in [1.29, 1.82) is 0 Å². The summed E-state index contributed by atoms with van der Waals surface area (Å²) in [5.41, 5.74) is 1.41. The van der Waals surface area contributed by atoms with Crippen LogP contribution in [0.1, 0.15) is 76.7 Å². The monoisotopic (exact) mass is 364 g/mol. The van der Waals surface area contributed by atoms with Crippen molar-refractivity contribution in [2.24, 2.45) is 5.92 Å². The van der Waals surface area contributed by atoms with E-state index in [-0.39, 0.29) is 5.92 Å². The molecule has 3 heteroatoms. The predicted octanol–water partition coefficient (Wildman–Crippen LogP) is 6.36. The highest BCUT2D eigenvalue weighted by molar-refractivity contribution is 5.14. The third kappa shape index (κ3) is 8.20. The van der Waals surface area contributed by atoms with E-state index in [1.165, 1.54) is 50.5 Å². The van der Waals surface area contributed by atoms with Crippen LogP contribution in [0.25, 0.3) is 0 Å². The average Bonchev–Trinajstić information content (AvgIpc) is 2.69. The minimum Gasteiger partial charge on any atom is -0.331 e. The van der Waals surface area contributed by atoms with Crippen molar-refractivity contribution in [1.82, 2.24) is 0 Å². The molecule has 1 aromatic carbocycles. The molecule has 0 aliphatic rings. The van der Waals surface area contributed by atoms with E-state index in [1.54, 1.807) is 21.3 Å². The van der Waals surface area contributed by atoms with Crippen LogP contribution in [0, 0.1) is 5.92 Å². The van der Waals surface area contributed by atoms with E-state index in [9.17, 15) is 0 Å². The molecule has 0 aromatic heterocycles. The fraction of sp³-hybridized carbons (Fsp3) is 0.739. The first-order valence-corrected chi connectivity index (χ1v) is 10.4. The van der Waals surface area contributed by atoms with Gasteiger partial charge in [0.15, 0.2) is 0 Å². The molecule has 150 valence electrons. The Kier molecular flexibility index (Phi) is 12.6. The van der Waals surface area contributed by atoms with Gasteiger partial charge in [0.05, 0.1) is 0 Å². The van der Waals surface area contributed by atoms with Crippen molar-refractivity contribution < 1.29 is 14.2 Å². The Balaban J connectivity index is 2.46. The summed E-state index contributed by atoms with van der Waals surface area (Å²) < 4.78 is 17.0. The van der Waals surface area contributed by atoms with Crippen molar-refractivity contribution >= 4 is 0 Å². The van der Waals surface area contributed by atoms with Crippen LogP contribution in [-0.2, 0) is 20.6 Å². The highest BCUT2D eigenvalue weighted by Crippen LogP contribution is 2.33. The lowest BCUT2D eigenvalue weighted by Crippen LogP contribution is -2.44. The Hall–Kier alpha value is -0.900. The summed E-state index contributed by atoms with van der Waals surface area (Å²) in [6, 6.07) is 10.7. The summed E-state index contributed by atoms with van der Waals surface area (Å²) in [6.45, 7) is 2.26. The van der Waals surface area contributed by atoms with Gasteiger partial charge in [0.2, 0.25) is 0 Å². The zero-order valence-corrected chi connectivity index (χ0v) is 17.5. The van der Waals surface area contributed by atoms with Crippen LogP contribution in [0.5, 0.6) is 0 Å². The third-order valence-electron chi connectivity index (χ3n) is 5.37. The van der Waals surface area contributed by atoms with E-state index in [4.69, 9.17) is 14.2 Å².